The Morgan fingerprint density at radius 1 is 1.09 bits per heavy atom. The van der Waals surface area contributed by atoms with Crippen molar-refractivity contribution in [2.24, 2.45) is 0 Å². The van der Waals surface area contributed by atoms with E-state index in [-0.39, 0.29) is 5.91 Å². The van der Waals surface area contributed by atoms with Crippen molar-refractivity contribution in [3.8, 4) is 5.75 Å². The molecule has 0 N–H and O–H groups in total. The fourth-order valence-electron chi connectivity index (χ4n) is 1.98. The van der Waals surface area contributed by atoms with Crippen molar-refractivity contribution in [3.63, 3.8) is 0 Å². The van der Waals surface area contributed by atoms with Gasteiger partial charge in [0.25, 0.3) is 0 Å². The summed E-state index contributed by atoms with van der Waals surface area (Å²) in [5, 5.41) is 0. The lowest BCUT2D eigenvalue weighted by molar-refractivity contribution is -0.125. The summed E-state index contributed by atoms with van der Waals surface area (Å²) in [6.45, 7) is 3.03. The standard InChI is InChI=1S/C19H21NO2/c1-16-8-6-7-11-18(16)22-15-14-20(2)19(21)13-12-17-9-4-3-5-10-17/h3-13H,14-15H2,1-2H3/b13-12+. The Kier molecular flexibility index (Phi) is 5.78. The lowest BCUT2D eigenvalue weighted by Crippen LogP contribution is -2.29. The van der Waals surface area contributed by atoms with Crippen molar-refractivity contribution in [2.45, 2.75) is 6.92 Å². The maximum Gasteiger partial charge on any atom is 0.246 e. The average Bonchev–Trinajstić information content (AvgIpc) is 2.55. The predicted molar refractivity (Wildman–Crippen MR) is 89.8 cm³/mol. The summed E-state index contributed by atoms with van der Waals surface area (Å²) in [7, 11) is 1.78. The second-order valence-electron chi connectivity index (χ2n) is 5.12. The fourth-order valence-corrected chi connectivity index (χ4v) is 1.98. The number of benzene rings is 2. The van der Waals surface area contributed by atoms with Crippen LogP contribution in [-0.4, -0.2) is 31.0 Å². The molecule has 3 nitrogen and oxygen atoms in total. The van der Waals surface area contributed by atoms with Crippen molar-refractivity contribution in [1.29, 1.82) is 0 Å². The molecule has 0 unspecified atom stereocenters. The normalized spacial score (nSPS) is 10.6. The van der Waals surface area contributed by atoms with Crippen LogP contribution in [0.5, 0.6) is 5.75 Å². The van der Waals surface area contributed by atoms with E-state index >= 15 is 0 Å². The van der Waals surface area contributed by atoms with Gasteiger partial charge in [-0.1, -0.05) is 48.5 Å². The lowest BCUT2D eigenvalue weighted by atomic mass is 10.2. The number of aryl methyl sites for hydroxylation is 1. The highest BCUT2D eigenvalue weighted by atomic mass is 16.5. The second kappa shape index (κ2) is 8.03. The number of likely N-dealkylation sites (N-methyl/N-ethyl adjacent to an activating group) is 1. The molecule has 0 aliphatic rings. The van der Waals surface area contributed by atoms with Crippen LogP contribution in [0.25, 0.3) is 6.08 Å². The largest absolute Gasteiger partial charge is 0.491 e. The smallest absolute Gasteiger partial charge is 0.246 e. The number of para-hydroxylation sites is 1. The van der Waals surface area contributed by atoms with Gasteiger partial charge in [0.05, 0.1) is 6.54 Å². The summed E-state index contributed by atoms with van der Waals surface area (Å²) in [5.74, 6) is 0.834. The van der Waals surface area contributed by atoms with Crippen molar-refractivity contribution in [3.05, 3.63) is 71.8 Å². The molecule has 0 heterocycles. The Hall–Kier alpha value is -2.55. The molecule has 0 saturated heterocycles. The molecule has 0 spiro atoms. The van der Waals surface area contributed by atoms with Crippen LogP contribution in [-0.2, 0) is 4.79 Å². The second-order valence-corrected chi connectivity index (χ2v) is 5.12. The van der Waals surface area contributed by atoms with E-state index in [0.29, 0.717) is 13.2 Å². The van der Waals surface area contributed by atoms with E-state index in [1.54, 1.807) is 18.0 Å². The van der Waals surface area contributed by atoms with Gasteiger partial charge < -0.3 is 9.64 Å². The Balaban J connectivity index is 1.79. The number of hydrogen-bond acceptors (Lipinski definition) is 2. The van der Waals surface area contributed by atoms with Gasteiger partial charge in [0, 0.05) is 13.1 Å². The molecular formula is C19H21NO2. The van der Waals surface area contributed by atoms with E-state index in [1.807, 2.05) is 67.6 Å². The van der Waals surface area contributed by atoms with Crippen LogP contribution in [0.4, 0.5) is 0 Å². The van der Waals surface area contributed by atoms with Crippen molar-refractivity contribution in [1.82, 2.24) is 4.90 Å². The van der Waals surface area contributed by atoms with Crippen LogP contribution in [0.15, 0.2) is 60.7 Å². The molecule has 0 atom stereocenters. The van der Waals surface area contributed by atoms with Crippen LogP contribution < -0.4 is 4.74 Å². The molecule has 0 radical (unpaired) electrons. The fraction of sp³-hybridized carbons (Fsp3) is 0.211. The molecule has 3 heteroatoms. The number of hydrogen-bond donors (Lipinski definition) is 0. The third kappa shape index (κ3) is 4.77. The van der Waals surface area contributed by atoms with E-state index in [1.165, 1.54) is 0 Å². The first-order chi connectivity index (χ1) is 10.7. The molecule has 0 bridgehead atoms. The van der Waals surface area contributed by atoms with Gasteiger partial charge in [0.2, 0.25) is 5.91 Å². The Morgan fingerprint density at radius 2 is 1.77 bits per heavy atom. The molecule has 2 aromatic rings. The molecule has 0 aliphatic carbocycles. The van der Waals surface area contributed by atoms with E-state index in [2.05, 4.69) is 0 Å². The van der Waals surface area contributed by atoms with Gasteiger partial charge >= 0.3 is 0 Å². The highest BCUT2D eigenvalue weighted by molar-refractivity contribution is 5.91. The van der Waals surface area contributed by atoms with Crippen molar-refractivity contribution >= 4 is 12.0 Å². The number of amides is 1. The Labute approximate surface area is 131 Å². The monoisotopic (exact) mass is 295 g/mol. The maximum atomic E-state index is 12.0. The quantitative estimate of drug-likeness (QED) is 0.763. The van der Waals surface area contributed by atoms with Crippen LogP contribution in [0, 0.1) is 6.92 Å². The number of nitrogens with zero attached hydrogens (tertiary/aromatic N) is 1. The maximum absolute atomic E-state index is 12.0. The summed E-state index contributed by atoms with van der Waals surface area (Å²) < 4.78 is 5.70. The molecule has 22 heavy (non-hydrogen) atoms. The summed E-state index contributed by atoms with van der Waals surface area (Å²) in [6.07, 6.45) is 3.41. The molecule has 0 aromatic heterocycles. The Morgan fingerprint density at radius 3 is 2.50 bits per heavy atom. The van der Waals surface area contributed by atoms with Gasteiger partial charge in [-0.2, -0.15) is 0 Å². The molecule has 2 rings (SSSR count). The van der Waals surface area contributed by atoms with Crippen LogP contribution in [0.2, 0.25) is 0 Å². The van der Waals surface area contributed by atoms with Crippen LogP contribution >= 0.6 is 0 Å². The van der Waals surface area contributed by atoms with E-state index < -0.39 is 0 Å². The number of carbonyl (C=O) groups is 1. The topological polar surface area (TPSA) is 29.5 Å². The van der Waals surface area contributed by atoms with Gasteiger partial charge in [-0.25, -0.2) is 0 Å². The van der Waals surface area contributed by atoms with Gasteiger partial charge in [-0.3, -0.25) is 4.79 Å². The molecule has 1 amide bonds. The third-order valence-corrected chi connectivity index (χ3v) is 3.37. The first-order valence-corrected chi connectivity index (χ1v) is 7.33. The predicted octanol–water partition coefficient (Wildman–Crippen LogP) is 3.55. The van der Waals surface area contributed by atoms with Crippen molar-refractivity contribution < 1.29 is 9.53 Å². The summed E-state index contributed by atoms with van der Waals surface area (Å²) in [6, 6.07) is 17.6. The zero-order chi connectivity index (χ0) is 15.8. The minimum Gasteiger partial charge on any atom is -0.491 e. The number of carbonyl (C=O) groups excluding carboxylic acids is 1. The van der Waals surface area contributed by atoms with Gasteiger partial charge in [0.15, 0.2) is 0 Å². The van der Waals surface area contributed by atoms with Gasteiger partial charge in [-0.05, 0) is 30.2 Å². The van der Waals surface area contributed by atoms with E-state index in [4.69, 9.17) is 4.74 Å². The summed E-state index contributed by atoms with van der Waals surface area (Å²) in [5.41, 5.74) is 2.11. The highest BCUT2D eigenvalue weighted by Crippen LogP contribution is 2.15. The first kappa shape index (κ1) is 15.8. The number of ether oxygens (including phenoxy) is 1. The summed E-state index contributed by atoms with van der Waals surface area (Å²) >= 11 is 0. The molecule has 0 aliphatic heterocycles. The van der Waals surface area contributed by atoms with E-state index in [0.717, 1.165) is 16.9 Å². The van der Waals surface area contributed by atoms with E-state index in [9.17, 15) is 4.79 Å². The molecule has 2 aromatic carbocycles. The third-order valence-electron chi connectivity index (χ3n) is 3.37. The molecule has 0 fully saturated rings. The van der Waals surface area contributed by atoms with Crippen LogP contribution in [0.1, 0.15) is 11.1 Å². The molecule has 114 valence electrons. The van der Waals surface area contributed by atoms with Gasteiger partial charge in [0.1, 0.15) is 12.4 Å². The zero-order valence-corrected chi connectivity index (χ0v) is 13.0. The summed E-state index contributed by atoms with van der Waals surface area (Å²) in [4.78, 5) is 13.7. The Bertz CT molecular complexity index is 635. The average molecular weight is 295 g/mol. The lowest BCUT2D eigenvalue weighted by Gasteiger charge is -2.16. The van der Waals surface area contributed by atoms with Gasteiger partial charge in [-0.15, -0.1) is 0 Å². The molecule has 0 saturated carbocycles. The zero-order valence-electron chi connectivity index (χ0n) is 13.0. The minimum atomic E-state index is -0.0303. The molecular weight excluding hydrogens is 274 g/mol. The highest BCUT2D eigenvalue weighted by Gasteiger charge is 2.05. The first-order valence-electron chi connectivity index (χ1n) is 7.33. The van der Waals surface area contributed by atoms with Crippen molar-refractivity contribution in [2.75, 3.05) is 20.2 Å². The number of rotatable bonds is 6. The SMILES string of the molecule is Cc1ccccc1OCCN(C)C(=O)/C=C/c1ccccc1. The van der Waals surface area contributed by atoms with Crippen LogP contribution in [0.3, 0.4) is 0 Å². The minimum absolute atomic E-state index is 0.0303.